The molecule has 0 saturated heterocycles. The third-order valence-electron chi connectivity index (χ3n) is 2.99. The highest BCUT2D eigenvalue weighted by Gasteiger charge is 1.98. The maximum Gasteiger partial charge on any atom is 0.319 e. The zero-order valence-corrected chi connectivity index (χ0v) is 12.8. The molecule has 0 atom stereocenters. The van der Waals surface area contributed by atoms with E-state index in [1.165, 1.54) is 0 Å². The molecular formula is C18H19N3O. The second-order valence-electron chi connectivity index (χ2n) is 4.92. The molecule has 0 aromatic heterocycles. The third kappa shape index (κ3) is 4.88. The predicted molar refractivity (Wildman–Crippen MR) is 91.1 cm³/mol. The van der Waals surface area contributed by atoms with Crippen molar-refractivity contribution in [3.8, 4) is 11.8 Å². The number of hydrogen-bond acceptors (Lipinski definition) is 2. The van der Waals surface area contributed by atoms with Crippen LogP contribution in [-0.2, 0) is 0 Å². The van der Waals surface area contributed by atoms with Gasteiger partial charge in [0.1, 0.15) is 0 Å². The highest BCUT2D eigenvalue weighted by atomic mass is 16.2. The number of carbonyl (C=O) groups is 1. The van der Waals surface area contributed by atoms with Gasteiger partial charge < -0.3 is 15.5 Å². The van der Waals surface area contributed by atoms with Gasteiger partial charge in [0.15, 0.2) is 0 Å². The van der Waals surface area contributed by atoms with E-state index >= 15 is 0 Å². The summed E-state index contributed by atoms with van der Waals surface area (Å²) in [6.45, 7) is 0.300. The Morgan fingerprint density at radius 3 is 2.36 bits per heavy atom. The molecule has 4 nitrogen and oxygen atoms in total. The first kappa shape index (κ1) is 15.5. The van der Waals surface area contributed by atoms with Crippen LogP contribution < -0.4 is 15.5 Å². The summed E-state index contributed by atoms with van der Waals surface area (Å²) in [5, 5.41) is 5.44. The summed E-state index contributed by atoms with van der Waals surface area (Å²) in [7, 11) is 3.99. The largest absolute Gasteiger partial charge is 0.378 e. The number of para-hydroxylation sites is 1. The summed E-state index contributed by atoms with van der Waals surface area (Å²) >= 11 is 0. The van der Waals surface area contributed by atoms with Crippen LogP contribution in [0.1, 0.15) is 5.56 Å². The van der Waals surface area contributed by atoms with Gasteiger partial charge in [-0.05, 0) is 36.4 Å². The fourth-order valence-corrected chi connectivity index (χ4v) is 1.81. The van der Waals surface area contributed by atoms with Crippen LogP contribution in [0.15, 0.2) is 54.6 Å². The second-order valence-corrected chi connectivity index (χ2v) is 4.92. The van der Waals surface area contributed by atoms with Crippen molar-refractivity contribution in [3.63, 3.8) is 0 Å². The molecule has 0 unspecified atom stereocenters. The highest BCUT2D eigenvalue weighted by molar-refractivity contribution is 5.89. The SMILES string of the molecule is CN(C)c1ccc(C#CCNC(=O)Nc2ccccc2)cc1. The molecule has 2 aromatic carbocycles. The fourth-order valence-electron chi connectivity index (χ4n) is 1.81. The number of benzene rings is 2. The fraction of sp³-hybridized carbons (Fsp3) is 0.167. The Kier molecular flexibility index (Phi) is 5.44. The first-order valence-corrected chi connectivity index (χ1v) is 7.01. The number of anilines is 2. The minimum atomic E-state index is -0.261. The Hall–Kier alpha value is -2.93. The van der Waals surface area contributed by atoms with E-state index in [4.69, 9.17) is 0 Å². The standard InChI is InChI=1S/C18H19N3O/c1-21(2)17-12-10-15(11-13-17)7-6-14-19-18(22)20-16-8-4-3-5-9-16/h3-5,8-13H,14H2,1-2H3,(H2,19,20,22). The van der Waals surface area contributed by atoms with Gasteiger partial charge in [0.2, 0.25) is 0 Å². The normalized spacial score (nSPS) is 9.36. The minimum Gasteiger partial charge on any atom is -0.378 e. The molecule has 22 heavy (non-hydrogen) atoms. The minimum absolute atomic E-state index is 0.261. The number of nitrogens with zero attached hydrogens (tertiary/aromatic N) is 1. The van der Waals surface area contributed by atoms with Crippen LogP contribution in [0.3, 0.4) is 0 Å². The van der Waals surface area contributed by atoms with Gasteiger partial charge in [0, 0.05) is 31.0 Å². The molecule has 0 aliphatic carbocycles. The van der Waals surface area contributed by atoms with Crippen LogP contribution in [0, 0.1) is 11.8 Å². The summed E-state index contributed by atoms with van der Waals surface area (Å²) in [5.74, 6) is 5.95. The Labute approximate surface area is 131 Å². The predicted octanol–water partition coefficient (Wildman–Crippen LogP) is 2.93. The van der Waals surface area contributed by atoms with Crippen molar-refractivity contribution >= 4 is 17.4 Å². The number of rotatable bonds is 3. The van der Waals surface area contributed by atoms with E-state index in [9.17, 15) is 4.79 Å². The number of urea groups is 1. The molecule has 0 spiro atoms. The molecule has 4 heteroatoms. The van der Waals surface area contributed by atoms with E-state index in [1.807, 2.05) is 73.6 Å². The summed E-state index contributed by atoms with van der Waals surface area (Å²) in [6.07, 6.45) is 0. The summed E-state index contributed by atoms with van der Waals surface area (Å²) in [6, 6.07) is 17.0. The van der Waals surface area contributed by atoms with Crippen LogP contribution in [0.5, 0.6) is 0 Å². The topological polar surface area (TPSA) is 44.4 Å². The van der Waals surface area contributed by atoms with Gasteiger partial charge >= 0.3 is 6.03 Å². The van der Waals surface area contributed by atoms with Crippen LogP contribution in [0.2, 0.25) is 0 Å². The Bertz CT molecular complexity index is 667. The Balaban J connectivity index is 1.80. The molecule has 2 N–H and O–H groups in total. The molecular weight excluding hydrogens is 274 g/mol. The van der Waals surface area contributed by atoms with Crippen LogP contribution in [-0.4, -0.2) is 26.7 Å². The van der Waals surface area contributed by atoms with Crippen molar-refractivity contribution in [2.75, 3.05) is 30.9 Å². The van der Waals surface area contributed by atoms with Crippen molar-refractivity contribution in [1.29, 1.82) is 0 Å². The smallest absolute Gasteiger partial charge is 0.319 e. The molecule has 0 aliphatic heterocycles. The summed E-state index contributed by atoms with van der Waals surface area (Å²) in [4.78, 5) is 13.7. The molecule has 0 radical (unpaired) electrons. The van der Waals surface area contributed by atoms with E-state index in [2.05, 4.69) is 22.5 Å². The molecule has 0 heterocycles. The Morgan fingerprint density at radius 1 is 1.05 bits per heavy atom. The maximum absolute atomic E-state index is 11.6. The highest BCUT2D eigenvalue weighted by Crippen LogP contribution is 2.11. The molecule has 2 rings (SSSR count). The molecule has 0 aliphatic rings. The lowest BCUT2D eigenvalue weighted by Gasteiger charge is -2.11. The van der Waals surface area contributed by atoms with Crippen LogP contribution >= 0.6 is 0 Å². The lowest BCUT2D eigenvalue weighted by Crippen LogP contribution is -2.28. The maximum atomic E-state index is 11.6. The molecule has 112 valence electrons. The number of carbonyl (C=O) groups excluding carboxylic acids is 1. The van der Waals surface area contributed by atoms with Gasteiger partial charge in [0.25, 0.3) is 0 Å². The van der Waals surface area contributed by atoms with Crippen molar-refractivity contribution in [1.82, 2.24) is 5.32 Å². The van der Waals surface area contributed by atoms with Gasteiger partial charge in [-0.25, -0.2) is 4.79 Å². The summed E-state index contributed by atoms with van der Waals surface area (Å²) < 4.78 is 0. The van der Waals surface area contributed by atoms with Gasteiger partial charge in [-0.2, -0.15) is 0 Å². The van der Waals surface area contributed by atoms with E-state index in [0.717, 1.165) is 16.9 Å². The average molecular weight is 293 g/mol. The average Bonchev–Trinajstić information content (AvgIpc) is 2.53. The van der Waals surface area contributed by atoms with Gasteiger partial charge in [0.05, 0.1) is 6.54 Å². The Morgan fingerprint density at radius 2 is 1.73 bits per heavy atom. The van der Waals surface area contributed by atoms with Crippen molar-refractivity contribution in [2.45, 2.75) is 0 Å². The van der Waals surface area contributed by atoms with Gasteiger partial charge in [-0.15, -0.1) is 0 Å². The lowest BCUT2D eigenvalue weighted by molar-refractivity contribution is 0.253. The zero-order chi connectivity index (χ0) is 15.8. The molecule has 0 bridgehead atoms. The number of hydrogen-bond donors (Lipinski definition) is 2. The molecule has 2 amide bonds. The van der Waals surface area contributed by atoms with Crippen LogP contribution in [0.25, 0.3) is 0 Å². The zero-order valence-electron chi connectivity index (χ0n) is 12.8. The van der Waals surface area contributed by atoms with Crippen LogP contribution in [0.4, 0.5) is 16.2 Å². The van der Waals surface area contributed by atoms with E-state index in [0.29, 0.717) is 6.54 Å². The number of amides is 2. The summed E-state index contributed by atoms with van der Waals surface area (Å²) in [5.41, 5.74) is 2.81. The van der Waals surface area contributed by atoms with E-state index in [1.54, 1.807) is 0 Å². The van der Waals surface area contributed by atoms with E-state index < -0.39 is 0 Å². The second kappa shape index (κ2) is 7.75. The number of nitrogens with one attached hydrogen (secondary N) is 2. The first-order valence-electron chi connectivity index (χ1n) is 7.01. The quantitative estimate of drug-likeness (QED) is 0.855. The van der Waals surface area contributed by atoms with Gasteiger partial charge in [-0.1, -0.05) is 30.0 Å². The molecule has 0 fully saturated rings. The molecule has 0 saturated carbocycles. The molecule has 2 aromatic rings. The van der Waals surface area contributed by atoms with Crippen molar-refractivity contribution in [2.24, 2.45) is 0 Å². The lowest BCUT2D eigenvalue weighted by atomic mass is 10.2. The van der Waals surface area contributed by atoms with Crippen molar-refractivity contribution in [3.05, 3.63) is 60.2 Å². The van der Waals surface area contributed by atoms with Gasteiger partial charge in [-0.3, -0.25) is 0 Å². The first-order chi connectivity index (χ1) is 10.6. The van der Waals surface area contributed by atoms with Crippen molar-refractivity contribution < 1.29 is 4.79 Å². The van der Waals surface area contributed by atoms with E-state index in [-0.39, 0.29) is 6.03 Å². The third-order valence-corrected chi connectivity index (χ3v) is 2.99. The monoisotopic (exact) mass is 293 g/mol.